The van der Waals surface area contributed by atoms with Gasteiger partial charge in [-0.25, -0.2) is 0 Å². The molecular weight excluding hydrogens is 156 g/mol. The van der Waals surface area contributed by atoms with Gasteiger partial charge in [-0.1, -0.05) is 70.6 Å². The van der Waals surface area contributed by atoms with Crippen LogP contribution in [0.5, 0.6) is 0 Å². The molecule has 76 valence electrons. The smallest absolute Gasteiger partial charge is 0.0414 e. The second-order valence-corrected chi connectivity index (χ2v) is 5.23. The Morgan fingerprint density at radius 2 is 0.846 bits per heavy atom. The Morgan fingerprint density at radius 3 is 1.38 bits per heavy atom. The summed E-state index contributed by atoms with van der Waals surface area (Å²) in [5.41, 5.74) is 0. The van der Waals surface area contributed by atoms with Crippen LogP contribution in [0.2, 0.25) is 0 Å². The van der Waals surface area contributed by atoms with Crippen molar-refractivity contribution in [1.82, 2.24) is 0 Å². The Bertz CT molecular complexity index is 123. The highest BCUT2D eigenvalue weighted by atomic mass is 14.2. The predicted molar refractivity (Wildman–Crippen MR) is 57.8 cm³/mol. The van der Waals surface area contributed by atoms with Crippen LogP contribution in [0.15, 0.2) is 0 Å². The molecule has 0 nitrogen and oxygen atoms in total. The highest BCUT2D eigenvalue weighted by Crippen LogP contribution is 2.34. The average Bonchev–Trinajstić information content (AvgIpc) is 2.40. The van der Waals surface area contributed by atoms with Gasteiger partial charge in [0.2, 0.25) is 0 Å². The minimum absolute atomic E-state index is 1.11. The Hall–Kier alpha value is 0. The van der Waals surface area contributed by atoms with Crippen LogP contribution in [0, 0.1) is 11.8 Å². The Balaban J connectivity index is 1.90. The molecule has 0 spiro atoms. The molecule has 13 heavy (non-hydrogen) atoms. The lowest BCUT2D eigenvalue weighted by molar-refractivity contribution is 0.359. The van der Waals surface area contributed by atoms with Crippen molar-refractivity contribution in [3.8, 4) is 0 Å². The first-order valence-corrected chi connectivity index (χ1v) is 6.45. The number of fused-ring (bicyclic) bond motifs is 3. The molecule has 2 aliphatic carbocycles. The van der Waals surface area contributed by atoms with Crippen LogP contribution in [0.3, 0.4) is 0 Å². The van der Waals surface area contributed by atoms with Gasteiger partial charge >= 0.3 is 0 Å². The van der Waals surface area contributed by atoms with Gasteiger partial charge in [0.25, 0.3) is 0 Å². The van der Waals surface area contributed by atoms with Crippen LogP contribution in [0.1, 0.15) is 70.6 Å². The maximum Gasteiger partial charge on any atom is -0.0414 e. The minimum Gasteiger partial charge on any atom is -0.0533 e. The van der Waals surface area contributed by atoms with Crippen LogP contribution < -0.4 is 0 Å². The van der Waals surface area contributed by atoms with Gasteiger partial charge < -0.3 is 0 Å². The topological polar surface area (TPSA) is 0 Å². The van der Waals surface area contributed by atoms with E-state index in [1.165, 1.54) is 32.1 Å². The molecule has 2 rings (SSSR count). The molecule has 2 aliphatic rings. The van der Waals surface area contributed by atoms with Crippen molar-refractivity contribution in [3.05, 3.63) is 0 Å². The molecule has 0 aromatic heterocycles. The van der Waals surface area contributed by atoms with Crippen molar-refractivity contribution in [2.45, 2.75) is 70.6 Å². The monoisotopic (exact) mass is 180 g/mol. The van der Waals surface area contributed by atoms with Crippen molar-refractivity contribution >= 4 is 0 Å². The summed E-state index contributed by atoms with van der Waals surface area (Å²) in [7, 11) is 0. The zero-order valence-electron chi connectivity index (χ0n) is 8.93. The summed E-state index contributed by atoms with van der Waals surface area (Å²) in [6.45, 7) is 0. The Morgan fingerprint density at radius 1 is 0.385 bits per heavy atom. The van der Waals surface area contributed by atoms with E-state index in [-0.39, 0.29) is 0 Å². The largest absolute Gasteiger partial charge is 0.0533 e. The first-order chi connectivity index (χ1) is 6.45. The molecule has 0 aromatic rings. The van der Waals surface area contributed by atoms with Crippen molar-refractivity contribution in [3.63, 3.8) is 0 Å². The maximum absolute atomic E-state index is 1.56. The fourth-order valence-corrected chi connectivity index (χ4v) is 3.25. The summed E-state index contributed by atoms with van der Waals surface area (Å²) in [4.78, 5) is 0. The molecule has 2 unspecified atom stereocenters. The molecular formula is C13H24. The Kier molecular flexibility index (Phi) is 3.69. The summed E-state index contributed by atoms with van der Waals surface area (Å²) in [6, 6.07) is 0. The summed E-state index contributed by atoms with van der Waals surface area (Å²) < 4.78 is 0. The van der Waals surface area contributed by atoms with E-state index < -0.39 is 0 Å². The Labute approximate surface area is 83.1 Å². The van der Waals surface area contributed by atoms with Crippen LogP contribution in [-0.4, -0.2) is 0 Å². The van der Waals surface area contributed by atoms with E-state index in [4.69, 9.17) is 0 Å². The third-order valence-corrected chi connectivity index (χ3v) is 4.18. The van der Waals surface area contributed by atoms with Gasteiger partial charge in [0, 0.05) is 0 Å². The molecule has 0 heterocycles. The molecule has 0 N–H and O–H groups in total. The third kappa shape index (κ3) is 3.00. The van der Waals surface area contributed by atoms with Crippen molar-refractivity contribution in [1.29, 1.82) is 0 Å². The van der Waals surface area contributed by atoms with E-state index in [9.17, 15) is 0 Å². The van der Waals surface area contributed by atoms with E-state index in [1.807, 2.05) is 0 Å². The lowest BCUT2D eigenvalue weighted by Crippen LogP contribution is -2.02. The number of hydrogen-bond donors (Lipinski definition) is 0. The van der Waals surface area contributed by atoms with E-state index >= 15 is 0 Å². The second kappa shape index (κ2) is 5.02. The van der Waals surface area contributed by atoms with Crippen LogP contribution >= 0.6 is 0 Å². The first kappa shape index (κ1) is 9.55. The molecule has 0 aromatic carbocycles. The van der Waals surface area contributed by atoms with Crippen LogP contribution in [0.4, 0.5) is 0 Å². The fraction of sp³-hybridized carbons (Fsp3) is 1.00. The zero-order valence-corrected chi connectivity index (χ0v) is 8.93. The van der Waals surface area contributed by atoms with Crippen molar-refractivity contribution < 1.29 is 0 Å². The van der Waals surface area contributed by atoms with Gasteiger partial charge in [-0.3, -0.25) is 0 Å². The van der Waals surface area contributed by atoms with Gasteiger partial charge in [-0.15, -0.1) is 0 Å². The summed E-state index contributed by atoms with van der Waals surface area (Å²) in [5.74, 6) is 2.23. The van der Waals surface area contributed by atoms with Crippen molar-refractivity contribution in [2.75, 3.05) is 0 Å². The summed E-state index contributed by atoms with van der Waals surface area (Å²) >= 11 is 0. The normalized spacial score (nSPS) is 36.9. The third-order valence-electron chi connectivity index (χ3n) is 4.18. The minimum atomic E-state index is 1.11. The van der Waals surface area contributed by atoms with Gasteiger partial charge in [0.05, 0.1) is 0 Å². The molecule has 0 heteroatoms. The van der Waals surface area contributed by atoms with Gasteiger partial charge in [-0.2, -0.15) is 0 Å². The fourth-order valence-electron chi connectivity index (χ4n) is 3.25. The molecule has 0 saturated heterocycles. The average molecular weight is 180 g/mol. The number of rotatable bonds is 0. The molecule has 2 bridgehead atoms. The van der Waals surface area contributed by atoms with Crippen molar-refractivity contribution in [2.24, 2.45) is 11.8 Å². The first-order valence-electron chi connectivity index (χ1n) is 6.45. The van der Waals surface area contributed by atoms with Gasteiger partial charge in [0.1, 0.15) is 0 Å². The zero-order chi connectivity index (χ0) is 8.93. The van der Waals surface area contributed by atoms with Gasteiger partial charge in [-0.05, 0) is 11.8 Å². The standard InChI is InChI=1S/C13H24/c1-2-4-7-13-9-5-8-12(6-3-1)10-11-13/h12-13H,1-11H2. The second-order valence-electron chi connectivity index (χ2n) is 5.23. The lowest BCUT2D eigenvalue weighted by Gasteiger charge is -2.17. The molecule has 2 saturated carbocycles. The van der Waals surface area contributed by atoms with Crippen LogP contribution in [0.25, 0.3) is 0 Å². The SMILES string of the molecule is C1CCCC2CCCC(CC1)CC2. The van der Waals surface area contributed by atoms with E-state index in [2.05, 4.69) is 0 Å². The summed E-state index contributed by atoms with van der Waals surface area (Å²) in [5, 5.41) is 0. The molecule has 0 aliphatic heterocycles. The molecule has 0 radical (unpaired) electrons. The quantitative estimate of drug-likeness (QED) is 0.513. The molecule has 0 amide bonds. The highest BCUT2D eigenvalue weighted by Gasteiger charge is 2.19. The van der Waals surface area contributed by atoms with Gasteiger partial charge in [0.15, 0.2) is 0 Å². The molecule has 2 atom stereocenters. The van der Waals surface area contributed by atoms with E-state index in [1.54, 1.807) is 38.5 Å². The predicted octanol–water partition coefficient (Wildman–Crippen LogP) is 4.54. The summed E-state index contributed by atoms with van der Waals surface area (Å²) in [6.07, 6.45) is 16.9. The van der Waals surface area contributed by atoms with E-state index in [0.717, 1.165) is 11.8 Å². The van der Waals surface area contributed by atoms with Crippen LogP contribution in [-0.2, 0) is 0 Å². The lowest BCUT2D eigenvalue weighted by atomic mass is 9.89. The highest BCUT2D eigenvalue weighted by molar-refractivity contribution is 4.72. The van der Waals surface area contributed by atoms with E-state index in [0.29, 0.717) is 0 Å². The maximum atomic E-state index is 1.56. The molecule has 2 fully saturated rings. The number of hydrogen-bond acceptors (Lipinski definition) is 0.